The van der Waals surface area contributed by atoms with E-state index in [9.17, 15) is 18.3 Å². The van der Waals surface area contributed by atoms with E-state index in [1.54, 1.807) is 17.4 Å². The van der Waals surface area contributed by atoms with Crippen LogP contribution in [0.3, 0.4) is 0 Å². The Labute approximate surface area is 159 Å². The molecule has 0 bridgehead atoms. The normalized spacial score (nSPS) is 11.5. The van der Waals surface area contributed by atoms with E-state index in [1.165, 1.54) is 17.4 Å². The maximum Gasteiger partial charge on any atom is 0.335 e. The summed E-state index contributed by atoms with van der Waals surface area (Å²) in [5.41, 5.74) is 0.677. The highest BCUT2D eigenvalue weighted by Gasteiger charge is 2.23. The predicted octanol–water partition coefficient (Wildman–Crippen LogP) is 3.74. The molecule has 3 aromatic rings. The maximum absolute atomic E-state index is 12.2. The molecule has 0 aliphatic heterocycles. The molecule has 26 heavy (non-hydrogen) atoms. The molecule has 0 unspecified atom stereocenters. The maximum atomic E-state index is 12.2. The van der Waals surface area contributed by atoms with Crippen LogP contribution in [0.5, 0.6) is 0 Å². The van der Waals surface area contributed by atoms with Crippen molar-refractivity contribution in [3.8, 4) is 10.4 Å². The van der Waals surface area contributed by atoms with Crippen molar-refractivity contribution < 1.29 is 18.3 Å². The van der Waals surface area contributed by atoms with Crippen molar-refractivity contribution in [2.75, 3.05) is 5.32 Å². The lowest BCUT2D eigenvalue weighted by molar-refractivity contribution is 0.0696. The molecule has 0 atom stereocenters. The largest absolute Gasteiger partial charge is 0.478 e. The SMILES string of the molecule is Cc1ccc(-c2c(NCc3cccs3)cc(C(=O)O)cc2S(N)(=O)=O)s1. The van der Waals surface area contributed by atoms with Crippen LogP contribution in [0.1, 0.15) is 20.1 Å². The number of anilines is 1. The Morgan fingerprint density at radius 2 is 2.04 bits per heavy atom. The van der Waals surface area contributed by atoms with Crippen LogP contribution in [0.15, 0.2) is 46.7 Å². The Morgan fingerprint density at radius 3 is 2.58 bits per heavy atom. The van der Waals surface area contributed by atoms with Gasteiger partial charge in [-0.2, -0.15) is 0 Å². The summed E-state index contributed by atoms with van der Waals surface area (Å²) < 4.78 is 24.3. The number of carboxylic acid groups (broad SMARTS) is 1. The molecule has 0 spiro atoms. The number of nitrogens with one attached hydrogen (secondary N) is 1. The first kappa shape index (κ1) is 18.6. The molecular weight excluding hydrogens is 392 g/mol. The number of sulfonamides is 1. The third-order valence-corrected chi connectivity index (χ3v) is 6.51. The molecule has 2 heterocycles. The van der Waals surface area contributed by atoms with E-state index in [4.69, 9.17) is 5.14 Å². The molecule has 4 N–H and O–H groups in total. The van der Waals surface area contributed by atoms with Crippen molar-refractivity contribution in [2.24, 2.45) is 5.14 Å². The van der Waals surface area contributed by atoms with Crippen molar-refractivity contribution in [3.63, 3.8) is 0 Å². The van der Waals surface area contributed by atoms with Crippen molar-refractivity contribution in [1.82, 2.24) is 0 Å². The third-order valence-electron chi connectivity index (χ3n) is 3.68. The van der Waals surface area contributed by atoms with E-state index >= 15 is 0 Å². The molecular formula is C17H16N2O4S3. The average molecular weight is 409 g/mol. The van der Waals surface area contributed by atoms with Gasteiger partial charge in [0.2, 0.25) is 10.0 Å². The molecule has 0 amide bonds. The number of primary sulfonamides is 1. The predicted molar refractivity (Wildman–Crippen MR) is 104 cm³/mol. The number of carboxylic acids is 1. The fourth-order valence-corrected chi connectivity index (χ4v) is 4.97. The van der Waals surface area contributed by atoms with Gasteiger partial charge in [-0.3, -0.25) is 0 Å². The topological polar surface area (TPSA) is 109 Å². The van der Waals surface area contributed by atoms with Gasteiger partial charge >= 0.3 is 5.97 Å². The number of hydrogen-bond donors (Lipinski definition) is 3. The lowest BCUT2D eigenvalue weighted by Gasteiger charge is -2.15. The number of rotatable bonds is 6. The second-order valence-corrected chi connectivity index (χ2v) is 9.44. The number of carbonyl (C=O) groups is 1. The van der Waals surface area contributed by atoms with Gasteiger partial charge in [-0.05, 0) is 42.6 Å². The van der Waals surface area contributed by atoms with Gasteiger partial charge in [0.15, 0.2) is 0 Å². The van der Waals surface area contributed by atoms with Crippen molar-refractivity contribution in [1.29, 1.82) is 0 Å². The number of benzene rings is 1. The Hall–Kier alpha value is -2.20. The lowest BCUT2D eigenvalue weighted by Crippen LogP contribution is -2.16. The van der Waals surface area contributed by atoms with E-state index < -0.39 is 16.0 Å². The number of nitrogens with two attached hydrogens (primary N) is 1. The molecule has 0 radical (unpaired) electrons. The van der Waals surface area contributed by atoms with Gasteiger partial charge in [0.25, 0.3) is 0 Å². The second-order valence-electron chi connectivity index (χ2n) is 5.59. The molecule has 136 valence electrons. The van der Waals surface area contributed by atoms with Crippen molar-refractivity contribution in [3.05, 3.63) is 57.1 Å². The van der Waals surface area contributed by atoms with Crippen LogP contribution in [-0.2, 0) is 16.6 Å². The summed E-state index contributed by atoms with van der Waals surface area (Å²) in [6.45, 7) is 2.36. The molecule has 0 saturated carbocycles. The van der Waals surface area contributed by atoms with Gasteiger partial charge in [0, 0.05) is 32.4 Å². The van der Waals surface area contributed by atoms with Crippen LogP contribution in [-0.4, -0.2) is 19.5 Å². The van der Waals surface area contributed by atoms with Crippen molar-refractivity contribution in [2.45, 2.75) is 18.4 Å². The van der Waals surface area contributed by atoms with E-state index in [-0.39, 0.29) is 10.5 Å². The van der Waals surface area contributed by atoms with Crippen LogP contribution < -0.4 is 10.5 Å². The molecule has 0 saturated heterocycles. The fourth-order valence-electron chi connectivity index (χ4n) is 2.52. The number of aromatic carboxylic acids is 1. The van der Waals surface area contributed by atoms with E-state index in [1.807, 2.05) is 30.5 Å². The second kappa shape index (κ2) is 7.20. The summed E-state index contributed by atoms with van der Waals surface area (Å²) in [5.74, 6) is -1.22. The Bertz CT molecular complexity index is 1050. The standard InChI is InChI=1S/C17H16N2O4S3/c1-10-4-5-14(25-10)16-13(19-9-12-3-2-6-24-12)7-11(17(20)21)8-15(16)26(18,22)23/h2-8,19H,9H2,1H3,(H,20,21)(H2,18,22,23). The molecule has 0 aliphatic carbocycles. The molecule has 0 fully saturated rings. The first-order valence-electron chi connectivity index (χ1n) is 7.53. The van der Waals surface area contributed by atoms with Gasteiger partial charge in [-0.25, -0.2) is 18.4 Å². The van der Waals surface area contributed by atoms with Gasteiger partial charge in [0.1, 0.15) is 0 Å². The summed E-state index contributed by atoms with van der Waals surface area (Å²) in [6, 6.07) is 10.1. The summed E-state index contributed by atoms with van der Waals surface area (Å²) in [6.07, 6.45) is 0. The number of thiophene rings is 2. The number of aryl methyl sites for hydroxylation is 1. The van der Waals surface area contributed by atoms with Crippen LogP contribution in [0.25, 0.3) is 10.4 Å². The molecule has 2 aromatic heterocycles. The van der Waals surface area contributed by atoms with Gasteiger partial charge < -0.3 is 10.4 Å². The minimum atomic E-state index is -4.12. The third kappa shape index (κ3) is 3.96. The fraction of sp³-hybridized carbons (Fsp3) is 0.118. The highest BCUT2D eigenvalue weighted by atomic mass is 32.2. The first-order chi connectivity index (χ1) is 12.3. The zero-order valence-electron chi connectivity index (χ0n) is 13.7. The van der Waals surface area contributed by atoms with Crippen LogP contribution >= 0.6 is 22.7 Å². The zero-order valence-corrected chi connectivity index (χ0v) is 16.2. The first-order valence-corrected chi connectivity index (χ1v) is 10.8. The highest BCUT2D eigenvalue weighted by molar-refractivity contribution is 7.89. The van der Waals surface area contributed by atoms with Gasteiger partial charge in [-0.15, -0.1) is 22.7 Å². The number of hydrogen-bond acceptors (Lipinski definition) is 6. The monoisotopic (exact) mass is 408 g/mol. The van der Waals surface area contributed by atoms with Gasteiger partial charge in [-0.1, -0.05) is 6.07 Å². The van der Waals surface area contributed by atoms with Crippen LogP contribution in [0.4, 0.5) is 5.69 Å². The van der Waals surface area contributed by atoms with Crippen LogP contribution in [0.2, 0.25) is 0 Å². The smallest absolute Gasteiger partial charge is 0.335 e. The summed E-state index contributed by atoms with van der Waals surface area (Å²) >= 11 is 2.97. The molecule has 3 rings (SSSR count). The minimum absolute atomic E-state index is 0.139. The van der Waals surface area contributed by atoms with Gasteiger partial charge in [0.05, 0.1) is 10.5 Å². The average Bonchev–Trinajstić information content (AvgIpc) is 3.22. The van der Waals surface area contributed by atoms with Crippen molar-refractivity contribution >= 4 is 44.4 Å². The molecule has 1 aromatic carbocycles. The Kier molecular flexibility index (Phi) is 5.15. The summed E-state index contributed by atoms with van der Waals surface area (Å²) in [4.78, 5) is 14.0. The van der Waals surface area contributed by atoms with E-state index in [0.717, 1.165) is 15.8 Å². The highest BCUT2D eigenvalue weighted by Crippen LogP contribution is 2.39. The Balaban J connectivity index is 2.20. The van der Waals surface area contributed by atoms with E-state index in [0.29, 0.717) is 22.7 Å². The zero-order chi connectivity index (χ0) is 18.9. The summed E-state index contributed by atoms with van der Waals surface area (Å²) in [7, 11) is -4.12. The Morgan fingerprint density at radius 1 is 1.27 bits per heavy atom. The molecule has 9 heteroatoms. The summed E-state index contributed by atoms with van der Waals surface area (Å²) in [5, 5.41) is 19.8. The lowest BCUT2D eigenvalue weighted by atomic mass is 10.1. The van der Waals surface area contributed by atoms with Crippen LogP contribution in [0, 0.1) is 6.92 Å². The minimum Gasteiger partial charge on any atom is -0.478 e. The molecule has 0 aliphatic rings. The molecule has 6 nitrogen and oxygen atoms in total. The van der Waals surface area contributed by atoms with E-state index in [2.05, 4.69) is 5.32 Å². The quantitative estimate of drug-likeness (QED) is 0.575.